The van der Waals surface area contributed by atoms with Gasteiger partial charge >= 0.3 is 0 Å². The lowest BCUT2D eigenvalue weighted by atomic mass is 9.79. The molecule has 226 valence electrons. The number of nitrogens with zero attached hydrogens (tertiary/aromatic N) is 3. The van der Waals surface area contributed by atoms with E-state index in [-0.39, 0.29) is 0 Å². The van der Waals surface area contributed by atoms with Crippen molar-refractivity contribution < 1.29 is 0 Å². The highest BCUT2D eigenvalue weighted by molar-refractivity contribution is 6.07. The quantitative estimate of drug-likeness (QED) is 0.179. The van der Waals surface area contributed by atoms with Gasteiger partial charge in [0.15, 0.2) is 11.6 Å². The Kier molecular flexibility index (Phi) is 7.92. The van der Waals surface area contributed by atoms with Gasteiger partial charge in [0, 0.05) is 11.1 Å². The summed E-state index contributed by atoms with van der Waals surface area (Å²) in [5, 5.41) is 0. The van der Waals surface area contributed by atoms with Crippen LogP contribution in [0.15, 0.2) is 188 Å². The zero-order valence-corrected chi connectivity index (χ0v) is 26.2. The van der Waals surface area contributed by atoms with Crippen LogP contribution in [0.3, 0.4) is 0 Å². The van der Waals surface area contributed by atoms with Crippen molar-refractivity contribution in [2.45, 2.75) is 0 Å². The van der Waals surface area contributed by atoms with Crippen molar-refractivity contribution in [2.24, 2.45) is 0 Å². The van der Waals surface area contributed by atoms with Gasteiger partial charge in [-0.05, 0) is 61.7 Å². The summed E-state index contributed by atoms with van der Waals surface area (Å²) >= 11 is 0. The molecule has 1 aromatic heterocycles. The predicted octanol–water partition coefficient (Wildman–Crippen LogP) is 11.5. The van der Waals surface area contributed by atoms with E-state index in [2.05, 4.69) is 162 Å². The summed E-state index contributed by atoms with van der Waals surface area (Å²) < 4.78 is 0. The van der Waals surface area contributed by atoms with Crippen LogP contribution in [-0.4, -0.2) is 15.0 Å². The Balaban J connectivity index is 1.39. The molecule has 0 bridgehead atoms. The molecule has 0 aliphatic rings. The van der Waals surface area contributed by atoms with Gasteiger partial charge in [0.2, 0.25) is 0 Å². The molecule has 0 aliphatic heterocycles. The van der Waals surface area contributed by atoms with Crippen molar-refractivity contribution in [3.63, 3.8) is 0 Å². The van der Waals surface area contributed by atoms with Gasteiger partial charge in [0.05, 0.1) is 0 Å². The topological polar surface area (TPSA) is 38.7 Å². The molecule has 3 heteroatoms. The van der Waals surface area contributed by atoms with Crippen molar-refractivity contribution in [2.75, 3.05) is 0 Å². The number of aromatic nitrogens is 3. The van der Waals surface area contributed by atoms with Gasteiger partial charge < -0.3 is 0 Å². The lowest BCUT2D eigenvalue weighted by Gasteiger charge is -2.24. The molecule has 0 aliphatic carbocycles. The molecule has 0 N–H and O–H groups in total. The minimum atomic E-state index is 0.646. The zero-order valence-electron chi connectivity index (χ0n) is 26.2. The highest BCUT2D eigenvalue weighted by atomic mass is 15.0. The molecule has 0 saturated carbocycles. The second-order valence-electron chi connectivity index (χ2n) is 11.6. The fourth-order valence-electron chi connectivity index (χ4n) is 6.42. The summed E-state index contributed by atoms with van der Waals surface area (Å²) in [6.07, 6.45) is 1.59. The van der Waals surface area contributed by atoms with Crippen LogP contribution in [0, 0.1) is 0 Å². The standard InChI is InChI=1S/C45H31N3/c1-6-16-32(17-7-1)39-30-40(33-26-28-38(29-27-33)45-47-31-46-44(48-45)37-24-14-5-15-25-37)42(35-20-10-3-11-21-35)43(36-22-12-4-13-23-36)41(39)34-18-8-2-9-19-34/h1-31H. The van der Waals surface area contributed by atoms with Crippen molar-refractivity contribution in [1.82, 2.24) is 15.0 Å². The summed E-state index contributed by atoms with van der Waals surface area (Å²) in [5.74, 6) is 1.31. The third-order valence-corrected chi connectivity index (χ3v) is 8.66. The molecule has 7 aromatic carbocycles. The van der Waals surface area contributed by atoms with Crippen LogP contribution in [0.4, 0.5) is 0 Å². The van der Waals surface area contributed by atoms with Crippen LogP contribution in [0.2, 0.25) is 0 Å². The molecule has 1 heterocycles. The normalized spacial score (nSPS) is 10.9. The van der Waals surface area contributed by atoms with E-state index in [0.29, 0.717) is 11.6 Å². The van der Waals surface area contributed by atoms with Crippen molar-refractivity contribution in [1.29, 1.82) is 0 Å². The SMILES string of the molecule is c1ccc(-c2ncnc(-c3ccc(-c4cc(-c5ccccc5)c(-c5ccccc5)c(-c5ccccc5)c4-c4ccccc4)cc3)n2)cc1. The molecule has 3 nitrogen and oxygen atoms in total. The van der Waals surface area contributed by atoms with Crippen molar-refractivity contribution in [3.8, 4) is 78.4 Å². The van der Waals surface area contributed by atoms with Crippen LogP contribution >= 0.6 is 0 Å². The highest BCUT2D eigenvalue weighted by Gasteiger charge is 2.23. The maximum Gasteiger partial charge on any atom is 0.163 e. The Morgan fingerprint density at radius 2 is 0.583 bits per heavy atom. The zero-order chi connectivity index (χ0) is 32.1. The monoisotopic (exact) mass is 613 g/mol. The van der Waals surface area contributed by atoms with E-state index >= 15 is 0 Å². The second kappa shape index (κ2) is 13.1. The second-order valence-corrected chi connectivity index (χ2v) is 11.6. The molecule has 0 saturated heterocycles. The first kappa shape index (κ1) is 29.0. The number of benzene rings is 7. The molecule has 0 unspecified atom stereocenters. The highest BCUT2D eigenvalue weighted by Crippen LogP contribution is 2.50. The van der Waals surface area contributed by atoms with E-state index < -0.39 is 0 Å². The van der Waals surface area contributed by atoms with E-state index in [1.807, 2.05) is 30.3 Å². The lowest BCUT2D eigenvalue weighted by molar-refractivity contribution is 1.07. The molecule has 0 atom stereocenters. The van der Waals surface area contributed by atoms with Crippen molar-refractivity contribution >= 4 is 0 Å². The maximum absolute atomic E-state index is 4.81. The Morgan fingerprint density at radius 3 is 1.02 bits per heavy atom. The lowest BCUT2D eigenvalue weighted by Crippen LogP contribution is -1.98. The van der Waals surface area contributed by atoms with E-state index in [1.165, 1.54) is 38.9 Å². The Hall–Kier alpha value is -6.45. The van der Waals surface area contributed by atoms with E-state index in [1.54, 1.807) is 6.33 Å². The van der Waals surface area contributed by atoms with E-state index in [4.69, 9.17) is 4.98 Å². The molecular weight excluding hydrogens is 583 g/mol. The number of hydrogen-bond acceptors (Lipinski definition) is 3. The first-order valence-electron chi connectivity index (χ1n) is 16.1. The minimum absolute atomic E-state index is 0.646. The fraction of sp³-hybridized carbons (Fsp3) is 0. The van der Waals surface area contributed by atoms with Gasteiger partial charge in [-0.3, -0.25) is 0 Å². The smallest absolute Gasteiger partial charge is 0.163 e. The van der Waals surface area contributed by atoms with Gasteiger partial charge in [0.1, 0.15) is 6.33 Å². The van der Waals surface area contributed by atoms with E-state index in [9.17, 15) is 0 Å². The Labute approximate surface area is 280 Å². The Morgan fingerprint density at radius 1 is 0.271 bits per heavy atom. The predicted molar refractivity (Wildman–Crippen MR) is 198 cm³/mol. The first-order valence-corrected chi connectivity index (χ1v) is 16.1. The molecular formula is C45H31N3. The molecule has 0 amide bonds. The maximum atomic E-state index is 4.81. The minimum Gasteiger partial charge on any atom is -0.217 e. The molecule has 8 rings (SSSR count). The van der Waals surface area contributed by atoms with Crippen LogP contribution in [0.25, 0.3) is 78.4 Å². The van der Waals surface area contributed by atoms with Gasteiger partial charge in [-0.1, -0.05) is 176 Å². The van der Waals surface area contributed by atoms with Crippen LogP contribution in [0.1, 0.15) is 0 Å². The molecule has 8 aromatic rings. The van der Waals surface area contributed by atoms with E-state index in [0.717, 1.165) is 27.8 Å². The summed E-state index contributed by atoms with van der Waals surface area (Å²) in [7, 11) is 0. The van der Waals surface area contributed by atoms with Gasteiger partial charge in [-0.2, -0.15) is 0 Å². The first-order chi connectivity index (χ1) is 23.8. The average molecular weight is 614 g/mol. The van der Waals surface area contributed by atoms with Crippen LogP contribution in [0.5, 0.6) is 0 Å². The Bertz CT molecular complexity index is 2290. The third kappa shape index (κ3) is 5.70. The summed E-state index contributed by atoms with van der Waals surface area (Å²) in [4.78, 5) is 13.8. The number of hydrogen-bond donors (Lipinski definition) is 0. The molecule has 48 heavy (non-hydrogen) atoms. The molecule has 0 fully saturated rings. The van der Waals surface area contributed by atoms with Crippen molar-refractivity contribution in [3.05, 3.63) is 188 Å². The van der Waals surface area contributed by atoms with Crippen LogP contribution in [-0.2, 0) is 0 Å². The van der Waals surface area contributed by atoms with Gasteiger partial charge in [-0.25, -0.2) is 15.0 Å². The largest absolute Gasteiger partial charge is 0.217 e. The van der Waals surface area contributed by atoms with Gasteiger partial charge in [0.25, 0.3) is 0 Å². The summed E-state index contributed by atoms with van der Waals surface area (Å²) in [6.45, 7) is 0. The number of rotatable bonds is 7. The average Bonchev–Trinajstić information content (AvgIpc) is 3.19. The molecule has 0 radical (unpaired) electrons. The van der Waals surface area contributed by atoms with Gasteiger partial charge in [-0.15, -0.1) is 0 Å². The summed E-state index contributed by atoms with van der Waals surface area (Å²) in [6, 6.07) is 64.0. The van der Waals surface area contributed by atoms with Crippen LogP contribution < -0.4 is 0 Å². The third-order valence-electron chi connectivity index (χ3n) is 8.66. The molecule has 0 spiro atoms. The fourth-order valence-corrected chi connectivity index (χ4v) is 6.42. The summed E-state index contributed by atoms with van der Waals surface area (Å²) in [5.41, 5.74) is 13.7.